The fraction of sp³-hybridized carbons (Fsp3) is 0.364. The number of fused-ring (bicyclic) bond motifs is 1. The SMILES string of the molecule is COC(=O)c1scc(C)c1NC(=S)N1CCN(c2ncnc3cc(OC)c(OC)cc23)CC1. The van der Waals surface area contributed by atoms with Gasteiger partial charge in [-0.05, 0) is 36.2 Å². The number of ether oxygens (including phenoxy) is 3. The van der Waals surface area contributed by atoms with E-state index < -0.39 is 0 Å². The Kier molecular flexibility index (Phi) is 6.80. The first-order chi connectivity index (χ1) is 16.0. The van der Waals surface area contributed by atoms with Gasteiger partial charge in [0.05, 0.1) is 32.5 Å². The summed E-state index contributed by atoms with van der Waals surface area (Å²) >= 11 is 6.99. The van der Waals surface area contributed by atoms with Crippen LogP contribution in [0.3, 0.4) is 0 Å². The predicted molar refractivity (Wildman–Crippen MR) is 133 cm³/mol. The highest BCUT2D eigenvalue weighted by molar-refractivity contribution is 7.80. The third kappa shape index (κ3) is 4.51. The molecule has 0 saturated carbocycles. The summed E-state index contributed by atoms with van der Waals surface area (Å²) in [5.41, 5.74) is 2.46. The number of aromatic nitrogens is 2. The Bertz CT molecular complexity index is 1190. The highest BCUT2D eigenvalue weighted by Crippen LogP contribution is 2.35. The summed E-state index contributed by atoms with van der Waals surface area (Å²) in [5.74, 6) is 1.75. The average molecular weight is 488 g/mol. The van der Waals surface area contributed by atoms with Gasteiger partial charge in [0.1, 0.15) is 17.0 Å². The van der Waals surface area contributed by atoms with E-state index in [9.17, 15) is 4.79 Å². The second-order valence-electron chi connectivity index (χ2n) is 7.44. The molecule has 9 nitrogen and oxygen atoms in total. The van der Waals surface area contributed by atoms with Crippen molar-refractivity contribution in [2.75, 3.05) is 57.7 Å². The molecule has 0 radical (unpaired) electrons. The van der Waals surface area contributed by atoms with E-state index in [0.29, 0.717) is 40.3 Å². The lowest BCUT2D eigenvalue weighted by molar-refractivity contribution is 0.0607. The van der Waals surface area contributed by atoms with E-state index in [1.807, 2.05) is 24.4 Å². The number of hydrogen-bond acceptors (Lipinski definition) is 9. The maximum absolute atomic E-state index is 12.1. The van der Waals surface area contributed by atoms with Crippen molar-refractivity contribution in [1.29, 1.82) is 0 Å². The number of aryl methyl sites for hydroxylation is 1. The molecule has 11 heteroatoms. The fourth-order valence-corrected chi connectivity index (χ4v) is 4.98. The standard InChI is InChI=1S/C22H25N5O4S2/c1-13-11-33-19(21(28)31-4)18(13)25-22(32)27-7-5-26(6-8-27)20-14-9-16(29-2)17(30-3)10-15(14)23-12-24-20/h9-12H,5-8H2,1-4H3,(H,25,32). The van der Waals surface area contributed by atoms with Crippen LogP contribution < -0.4 is 19.7 Å². The Morgan fingerprint density at radius 3 is 2.45 bits per heavy atom. The highest BCUT2D eigenvalue weighted by atomic mass is 32.1. The van der Waals surface area contributed by atoms with Crippen molar-refractivity contribution in [2.45, 2.75) is 6.92 Å². The number of nitrogens with zero attached hydrogens (tertiary/aromatic N) is 4. The van der Waals surface area contributed by atoms with E-state index in [-0.39, 0.29) is 5.97 Å². The van der Waals surface area contributed by atoms with Crippen molar-refractivity contribution < 1.29 is 19.0 Å². The van der Waals surface area contributed by atoms with Gasteiger partial charge in [-0.15, -0.1) is 11.3 Å². The van der Waals surface area contributed by atoms with E-state index in [1.165, 1.54) is 18.4 Å². The second kappa shape index (κ2) is 9.75. The van der Waals surface area contributed by atoms with Gasteiger partial charge >= 0.3 is 5.97 Å². The third-order valence-corrected chi connectivity index (χ3v) is 7.00. The molecule has 1 aliphatic heterocycles. The number of nitrogens with one attached hydrogen (secondary N) is 1. The molecule has 3 aromatic rings. The van der Waals surface area contributed by atoms with Gasteiger partial charge in [-0.3, -0.25) is 0 Å². The van der Waals surface area contributed by atoms with Crippen LogP contribution in [-0.4, -0.2) is 73.5 Å². The number of carbonyl (C=O) groups excluding carboxylic acids is 1. The molecule has 1 aromatic carbocycles. The summed E-state index contributed by atoms with van der Waals surface area (Å²) in [7, 11) is 4.59. The number of benzene rings is 1. The maximum Gasteiger partial charge on any atom is 0.350 e. The first-order valence-electron chi connectivity index (χ1n) is 10.3. The third-order valence-electron chi connectivity index (χ3n) is 5.56. The average Bonchev–Trinajstić information content (AvgIpc) is 3.22. The van der Waals surface area contributed by atoms with Gasteiger partial charge in [0.25, 0.3) is 0 Å². The van der Waals surface area contributed by atoms with Crippen LogP contribution in [-0.2, 0) is 4.74 Å². The maximum atomic E-state index is 12.1. The molecule has 0 aliphatic carbocycles. The molecule has 1 aliphatic rings. The minimum absolute atomic E-state index is 0.370. The summed E-state index contributed by atoms with van der Waals surface area (Å²) in [4.78, 5) is 25.8. The number of anilines is 2. The lowest BCUT2D eigenvalue weighted by Gasteiger charge is -2.37. The van der Waals surface area contributed by atoms with Gasteiger partial charge in [-0.1, -0.05) is 0 Å². The summed E-state index contributed by atoms with van der Waals surface area (Å²) < 4.78 is 15.7. The molecule has 1 N–H and O–H groups in total. The summed E-state index contributed by atoms with van der Waals surface area (Å²) in [6, 6.07) is 3.77. The van der Waals surface area contributed by atoms with E-state index in [4.69, 9.17) is 26.4 Å². The van der Waals surface area contributed by atoms with Gasteiger partial charge in [-0.25, -0.2) is 14.8 Å². The number of methoxy groups -OCH3 is 3. The Hall–Kier alpha value is -3.18. The number of rotatable bonds is 5. The summed E-state index contributed by atoms with van der Waals surface area (Å²) in [5, 5.41) is 6.65. The monoisotopic (exact) mass is 487 g/mol. The number of carbonyl (C=O) groups is 1. The van der Waals surface area contributed by atoms with Gasteiger partial charge in [0.15, 0.2) is 16.6 Å². The Labute approximate surface area is 201 Å². The van der Waals surface area contributed by atoms with Gasteiger partial charge in [0.2, 0.25) is 0 Å². The Balaban J connectivity index is 1.48. The zero-order chi connectivity index (χ0) is 23.5. The Morgan fingerprint density at radius 1 is 1.09 bits per heavy atom. The molecule has 0 bridgehead atoms. The van der Waals surface area contributed by atoms with Crippen LogP contribution in [0.2, 0.25) is 0 Å². The number of esters is 1. The lowest BCUT2D eigenvalue weighted by Crippen LogP contribution is -2.50. The fourth-order valence-electron chi connectivity index (χ4n) is 3.77. The van der Waals surface area contributed by atoms with E-state index in [2.05, 4.69) is 25.1 Å². The normalized spacial score (nSPS) is 13.7. The molecule has 174 valence electrons. The molecule has 2 aromatic heterocycles. The number of piperazine rings is 1. The van der Waals surface area contributed by atoms with Gasteiger partial charge < -0.3 is 29.3 Å². The van der Waals surface area contributed by atoms with Crippen LogP contribution >= 0.6 is 23.6 Å². The van der Waals surface area contributed by atoms with Crippen LogP contribution in [0.1, 0.15) is 15.2 Å². The summed E-state index contributed by atoms with van der Waals surface area (Å²) in [6.07, 6.45) is 1.57. The van der Waals surface area contributed by atoms with E-state index in [0.717, 1.165) is 35.4 Å². The first-order valence-corrected chi connectivity index (χ1v) is 11.6. The van der Waals surface area contributed by atoms with Gasteiger partial charge in [-0.2, -0.15) is 0 Å². The van der Waals surface area contributed by atoms with Crippen LogP contribution in [0.4, 0.5) is 11.5 Å². The van der Waals surface area contributed by atoms with Crippen LogP contribution in [0.15, 0.2) is 23.8 Å². The van der Waals surface area contributed by atoms with Gasteiger partial charge in [0, 0.05) is 37.6 Å². The molecule has 0 unspecified atom stereocenters. The molecule has 3 heterocycles. The van der Waals surface area contributed by atoms with Crippen LogP contribution in [0.5, 0.6) is 11.5 Å². The lowest BCUT2D eigenvalue weighted by atomic mass is 10.2. The smallest absolute Gasteiger partial charge is 0.350 e. The quantitative estimate of drug-likeness (QED) is 0.427. The Morgan fingerprint density at radius 2 is 1.79 bits per heavy atom. The molecule has 0 spiro atoms. The van der Waals surface area contributed by atoms with Crippen molar-refractivity contribution in [2.24, 2.45) is 0 Å². The minimum Gasteiger partial charge on any atom is -0.493 e. The second-order valence-corrected chi connectivity index (χ2v) is 8.71. The molecule has 1 saturated heterocycles. The molecule has 0 amide bonds. The topological polar surface area (TPSA) is 89.1 Å². The number of hydrogen-bond donors (Lipinski definition) is 1. The predicted octanol–water partition coefficient (Wildman–Crippen LogP) is 3.32. The van der Waals surface area contributed by atoms with Crippen molar-refractivity contribution in [3.8, 4) is 11.5 Å². The highest BCUT2D eigenvalue weighted by Gasteiger charge is 2.24. The molecule has 33 heavy (non-hydrogen) atoms. The zero-order valence-corrected chi connectivity index (χ0v) is 20.5. The largest absolute Gasteiger partial charge is 0.493 e. The molecule has 1 fully saturated rings. The van der Waals surface area contributed by atoms with E-state index in [1.54, 1.807) is 20.5 Å². The number of thiocarbonyl (C=S) groups is 1. The summed E-state index contributed by atoms with van der Waals surface area (Å²) in [6.45, 7) is 4.82. The van der Waals surface area contributed by atoms with Crippen molar-refractivity contribution >= 4 is 57.0 Å². The van der Waals surface area contributed by atoms with E-state index >= 15 is 0 Å². The van der Waals surface area contributed by atoms with Crippen molar-refractivity contribution in [3.63, 3.8) is 0 Å². The zero-order valence-electron chi connectivity index (χ0n) is 18.9. The van der Waals surface area contributed by atoms with Crippen LogP contribution in [0.25, 0.3) is 10.9 Å². The molecular weight excluding hydrogens is 462 g/mol. The molecule has 4 rings (SSSR count). The molecule has 0 atom stereocenters. The first kappa shape index (κ1) is 23.0. The number of thiophene rings is 1. The van der Waals surface area contributed by atoms with Crippen LogP contribution in [0, 0.1) is 6.92 Å². The molecular formula is C22H25N5O4S2. The minimum atomic E-state index is -0.370. The van der Waals surface area contributed by atoms with Crippen molar-refractivity contribution in [1.82, 2.24) is 14.9 Å². The van der Waals surface area contributed by atoms with Crippen molar-refractivity contribution in [3.05, 3.63) is 34.3 Å².